The second-order valence-electron chi connectivity index (χ2n) is 5.66. The van der Waals surface area contributed by atoms with Crippen LogP contribution in [0.3, 0.4) is 0 Å². The van der Waals surface area contributed by atoms with Crippen LogP contribution in [0.5, 0.6) is 0 Å². The molecule has 0 heterocycles. The molecule has 0 bridgehead atoms. The Morgan fingerprint density at radius 3 is 2.24 bits per heavy atom. The average molecular weight is 227 g/mol. The van der Waals surface area contributed by atoms with Gasteiger partial charge in [-0.2, -0.15) is 0 Å². The second kappa shape index (κ2) is 4.50. The minimum atomic E-state index is 0.207. The van der Waals surface area contributed by atoms with Crippen LogP contribution in [0, 0.1) is 5.41 Å². The highest BCUT2D eigenvalue weighted by atomic mass is 14.9. The van der Waals surface area contributed by atoms with Crippen molar-refractivity contribution in [1.29, 1.82) is 0 Å². The summed E-state index contributed by atoms with van der Waals surface area (Å²) in [7, 11) is 2.04. The largest absolute Gasteiger partial charge is 0.313 e. The van der Waals surface area contributed by atoms with Gasteiger partial charge in [0, 0.05) is 6.04 Å². The molecule has 0 spiro atoms. The van der Waals surface area contributed by atoms with Crippen LogP contribution in [0.15, 0.2) is 42.5 Å². The van der Waals surface area contributed by atoms with Gasteiger partial charge in [-0.25, -0.2) is 0 Å². The zero-order chi connectivity index (χ0) is 12.5. The Kier molecular flexibility index (Phi) is 3.21. The summed E-state index contributed by atoms with van der Waals surface area (Å²) in [6, 6.07) is 15.5. The Bertz CT molecular complexity index is 503. The first-order valence-electron chi connectivity index (χ1n) is 6.19. The summed E-state index contributed by atoms with van der Waals surface area (Å²) in [6.07, 6.45) is 0. The molecule has 0 aliphatic carbocycles. The molecule has 0 aliphatic rings. The van der Waals surface area contributed by atoms with Gasteiger partial charge in [0.2, 0.25) is 0 Å². The maximum atomic E-state index is 3.45. The van der Waals surface area contributed by atoms with E-state index in [-0.39, 0.29) is 5.41 Å². The van der Waals surface area contributed by atoms with Crippen LogP contribution in [0.25, 0.3) is 10.8 Å². The van der Waals surface area contributed by atoms with Crippen molar-refractivity contribution >= 4 is 10.8 Å². The van der Waals surface area contributed by atoms with E-state index in [0.717, 1.165) is 0 Å². The maximum Gasteiger partial charge on any atom is 0.0372 e. The molecule has 0 aromatic heterocycles. The third-order valence-electron chi connectivity index (χ3n) is 3.29. The summed E-state index contributed by atoms with van der Waals surface area (Å²) in [5.41, 5.74) is 1.59. The van der Waals surface area contributed by atoms with Gasteiger partial charge in [-0.05, 0) is 28.8 Å². The Morgan fingerprint density at radius 1 is 0.941 bits per heavy atom. The van der Waals surface area contributed by atoms with Crippen LogP contribution in [0.2, 0.25) is 0 Å². The van der Waals surface area contributed by atoms with Gasteiger partial charge in [-0.15, -0.1) is 0 Å². The normalized spacial score (nSPS) is 13.9. The van der Waals surface area contributed by atoms with E-state index in [2.05, 4.69) is 68.6 Å². The van der Waals surface area contributed by atoms with Gasteiger partial charge in [-0.1, -0.05) is 63.2 Å². The first-order valence-corrected chi connectivity index (χ1v) is 6.19. The lowest BCUT2D eigenvalue weighted by Gasteiger charge is -2.31. The first kappa shape index (κ1) is 12.1. The van der Waals surface area contributed by atoms with E-state index >= 15 is 0 Å². The van der Waals surface area contributed by atoms with Crippen LogP contribution in [-0.4, -0.2) is 7.05 Å². The third kappa shape index (κ3) is 2.34. The monoisotopic (exact) mass is 227 g/mol. The summed E-state index contributed by atoms with van der Waals surface area (Å²) in [5.74, 6) is 0. The smallest absolute Gasteiger partial charge is 0.0372 e. The number of hydrogen-bond acceptors (Lipinski definition) is 1. The molecule has 1 N–H and O–H groups in total. The summed E-state index contributed by atoms with van der Waals surface area (Å²) in [5, 5.41) is 6.12. The predicted octanol–water partition coefficient (Wildman–Crippen LogP) is 4.15. The van der Waals surface area contributed by atoms with E-state index in [0.29, 0.717) is 6.04 Å². The van der Waals surface area contributed by atoms with Gasteiger partial charge in [-0.3, -0.25) is 0 Å². The number of fused-ring (bicyclic) bond motifs is 1. The van der Waals surface area contributed by atoms with Crippen LogP contribution in [-0.2, 0) is 0 Å². The van der Waals surface area contributed by atoms with E-state index in [1.807, 2.05) is 7.05 Å². The number of benzene rings is 2. The number of hydrogen-bond donors (Lipinski definition) is 1. The minimum absolute atomic E-state index is 0.207. The zero-order valence-electron chi connectivity index (χ0n) is 11.1. The van der Waals surface area contributed by atoms with Crippen molar-refractivity contribution in [2.75, 3.05) is 7.05 Å². The third-order valence-corrected chi connectivity index (χ3v) is 3.29. The van der Waals surface area contributed by atoms with Crippen molar-refractivity contribution in [2.24, 2.45) is 5.41 Å². The fourth-order valence-corrected chi connectivity index (χ4v) is 2.56. The molecule has 90 valence electrons. The molecular formula is C16H21N. The molecule has 2 aromatic carbocycles. The lowest BCUT2D eigenvalue weighted by Crippen LogP contribution is -2.29. The van der Waals surface area contributed by atoms with E-state index in [9.17, 15) is 0 Å². The van der Waals surface area contributed by atoms with Gasteiger partial charge in [0.25, 0.3) is 0 Å². The van der Waals surface area contributed by atoms with Crippen LogP contribution in [0.1, 0.15) is 32.4 Å². The highest BCUT2D eigenvalue weighted by Crippen LogP contribution is 2.35. The van der Waals surface area contributed by atoms with E-state index in [4.69, 9.17) is 0 Å². The van der Waals surface area contributed by atoms with Crippen LogP contribution >= 0.6 is 0 Å². The van der Waals surface area contributed by atoms with Crippen molar-refractivity contribution in [3.63, 3.8) is 0 Å². The predicted molar refractivity (Wildman–Crippen MR) is 75.2 cm³/mol. The molecule has 1 nitrogen and oxygen atoms in total. The first-order chi connectivity index (χ1) is 8.04. The Morgan fingerprint density at radius 2 is 1.59 bits per heavy atom. The van der Waals surface area contributed by atoms with Crippen LogP contribution in [0.4, 0.5) is 0 Å². The molecule has 0 saturated heterocycles. The average Bonchev–Trinajstić information content (AvgIpc) is 2.28. The number of rotatable bonds is 2. The molecule has 0 saturated carbocycles. The van der Waals surface area contributed by atoms with Gasteiger partial charge >= 0.3 is 0 Å². The summed E-state index contributed by atoms with van der Waals surface area (Å²) in [6.45, 7) is 6.82. The van der Waals surface area contributed by atoms with Crippen LogP contribution < -0.4 is 5.32 Å². The topological polar surface area (TPSA) is 12.0 Å². The zero-order valence-corrected chi connectivity index (χ0v) is 11.1. The molecule has 2 aromatic rings. The molecule has 0 fully saturated rings. The summed E-state index contributed by atoms with van der Waals surface area (Å²) < 4.78 is 0. The Labute approximate surface area is 104 Å². The molecular weight excluding hydrogens is 206 g/mol. The maximum absolute atomic E-state index is 3.45. The minimum Gasteiger partial charge on any atom is -0.313 e. The van der Waals surface area contributed by atoms with Gasteiger partial charge in [0.05, 0.1) is 0 Å². The van der Waals surface area contributed by atoms with E-state index in [1.54, 1.807) is 0 Å². The molecule has 0 radical (unpaired) electrons. The highest BCUT2D eigenvalue weighted by molar-refractivity contribution is 5.86. The van der Waals surface area contributed by atoms with Crippen molar-refractivity contribution in [3.05, 3.63) is 48.0 Å². The fourth-order valence-electron chi connectivity index (χ4n) is 2.56. The van der Waals surface area contributed by atoms with E-state index < -0.39 is 0 Å². The molecule has 0 aliphatic heterocycles. The summed E-state index contributed by atoms with van der Waals surface area (Å²) in [4.78, 5) is 0. The van der Waals surface area contributed by atoms with Gasteiger partial charge in [0.15, 0.2) is 0 Å². The second-order valence-corrected chi connectivity index (χ2v) is 5.66. The van der Waals surface area contributed by atoms with Crippen molar-refractivity contribution in [3.8, 4) is 0 Å². The molecule has 1 heteroatoms. The number of nitrogens with one attached hydrogen (secondary N) is 1. The molecule has 0 amide bonds. The SMILES string of the molecule is CNC(c1cccc2ccccc12)C(C)(C)C. The molecule has 1 atom stereocenters. The fraction of sp³-hybridized carbons (Fsp3) is 0.375. The molecule has 1 unspecified atom stereocenters. The van der Waals surface area contributed by atoms with Gasteiger partial charge < -0.3 is 5.32 Å². The summed E-state index contributed by atoms with van der Waals surface area (Å²) >= 11 is 0. The van der Waals surface area contributed by atoms with Gasteiger partial charge in [0.1, 0.15) is 0 Å². The lowest BCUT2D eigenvalue weighted by atomic mass is 9.81. The highest BCUT2D eigenvalue weighted by Gasteiger charge is 2.25. The van der Waals surface area contributed by atoms with Crippen molar-refractivity contribution in [1.82, 2.24) is 5.32 Å². The van der Waals surface area contributed by atoms with Crippen molar-refractivity contribution in [2.45, 2.75) is 26.8 Å². The Balaban J connectivity index is 2.62. The van der Waals surface area contributed by atoms with Crippen molar-refractivity contribution < 1.29 is 0 Å². The molecule has 2 rings (SSSR count). The van der Waals surface area contributed by atoms with E-state index in [1.165, 1.54) is 16.3 Å². The quantitative estimate of drug-likeness (QED) is 0.812. The molecule has 17 heavy (non-hydrogen) atoms. The lowest BCUT2D eigenvalue weighted by molar-refractivity contribution is 0.288. The standard InChI is InChI=1S/C16H21N/c1-16(2,3)15(17-4)14-11-7-9-12-8-5-6-10-13(12)14/h5-11,15,17H,1-4H3. The Hall–Kier alpha value is -1.34.